The van der Waals surface area contributed by atoms with Gasteiger partial charge in [0.05, 0.1) is 5.02 Å². The van der Waals surface area contributed by atoms with Gasteiger partial charge in [0.25, 0.3) is 5.91 Å². The third kappa shape index (κ3) is 3.34. The van der Waals surface area contributed by atoms with E-state index in [9.17, 15) is 9.18 Å². The van der Waals surface area contributed by atoms with E-state index in [2.05, 4.69) is 15.1 Å². The Hall–Kier alpha value is -2.48. The molecular formula is C16H17ClFN5O2. The summed E-state index contributed by atoms with van der Waals surface area (Å²) in [6.07, 6.45) is 1.37. The van der Waals surface area contributed by atoms with E-state index in [4.69, 9.17) is 16.1 Å². The number of amides is 1. The second-order valence-electron chi connectivity index (χ2n) is 5.85. The number of hydrogen-bond acceptors (Lipinski definition) is 5. The van der Waals surface area contributed by atoms with Gasteiger partial charge in [0.15, 0.2) is 11.5 Å². The number of fused-ring (bicyclic) bond motifs is 1. The van der Waals surface area contributed by atoms with Crippen molar-refractivity contribution in [2.45, 2.75) is 33.2 Å². The van der Waals surface area contributed by atoms with Crippen molar-refractivity contribution in [3.8, 4) is 0 Å². The summed E-state index contributed by atoms with van der Waals surface area (Å²) < 4.78 is 20.9. The maximum absolute atomic E-state index is 14.5. The highest BCUT2D eigenvalue weighted by molar-refractivity contribution is 6.30. The fourth-order valence-electron chi connectivity index (χ4n) is 2.33. The molecule has 9 heteroatoms. The predicted molar refractivity (Wildman–Crippen MR) is 89.0 cm³/mol. The Kier molecular flexibility index (Phi) is 4.71. The van der Waals surface area contributed by atoms with Crippen LogP contribution in [-0.4, -0.2) is 36.9 Å². The van der Waals surface area contributed by atoms with Crippen molar-refractivity contribution in [2.75, 3.05) is 6.54 Å². The van der Waals surface area contributed by atoms with Gasteiger partial charge in [-0.3, -0.25) is 9.20 Å². The molecule has 0 saturated heterocycles. The minimum atomic E-state index is -0.755. The Bertz CT molecular complexity index is 921. The first kappa shape index (κ1) is 17.3. The van der Waals surface area contributed by atoms with Crippen LogP contribution in [0.3, 0.4) is 0 Å². The Morgan fingerprint density at radius 2 is 2.16 bits per heavy atom. The van der Waals surface area contributed by atoms with Crippen LogP contribution in [0.15, 0.2) is 22.9 Å². The number of carbonyl (C=O) groups is 1. The van der Waals surface area contributed by atoms with Crippen LogP contribution in [0, 0.1) is 5.95 Å². The third-order valence-electron chi connectivity index (χ3n) is 3.72. The highest BCUT2D eigenvalue weighted by Gasteiger charge is 2.25. The van der Waals surface area contributed by atoms with E-state index >= 15 is 0 Å². The first-order valence-electron chi connectivity index (χ1n) is 7.85. The summed E-state index contributed by atoms with van der Waals surface area (Å²) in [4.78, 5) is 22.4. The standard InChI is InChI=1S/C16H17ClFN5O2/c1-4-22(8-12-20-15(9(2)3)21-25-12)16(24)13-14(18)23-7-10(17)5-6-11(23)19-13/h5-7,9H,4,8H2,1-3H3. The number of aromatic nitrogens is 4. The molecule has 0 N–H and O–H groups in total. The molecule has 132 valence electrons. The second-order valence-corrected chi connectivity index (χ2v) is 6.28. The second kappa shape index (κ2) is 6.79. The van der Waals surface area contributed by atoms with Gasteiger partial charge in [-0.1, -0.05) is 30.6 Å². The lowest BCUT2D eigenvalue weighted by Gasteiger charge is -2.17. The summed E-state index contributed by atoms with van der Waals surface area (Å²) in [7, 11) is 0. The molecule has 3 heterocycles. The van der Waals surface area contributed by atoms with Crippen molar-refractivity contribution in [3.05, 3.63) is 46.7 Å². The first-order valence-corrected chi connectivity index (χ1v) is 8.23. The molecule has 3 aromatic rings. The SMILES string of the molecule is CCN(Cc1nc(C(C)C)no1)C(=O)c1nc2ccc(Cl)cn2c1F. The van der Waals surface area contributed by atoms with Gasteiger partial charge in [0, 0.05) is 18.7 Å². The molecule has 0 aliphatic rings. The van der Waals surface area contributed by atoms with Gasteiger partial charge in [0.2, 0.25) is 11.8 Å². The lowest BCUT2D eigenvalue weighted by Crippen LogP contribution is -2.31. The van der Waals surface area contributed by atoms with Crippen LogP contribution in [0.4, 0.5) is 4.39 Å². The average Bonchev–Trinajstić information content (AvgIpc) is 3.17. The normalized spacial score (nSPS) is 11.4. The first-order chi connectivity index (χ1) is 11.9. The molecule has 0 radical (unpaired) electrons. The average molecular weight is 366 g/mol. The van der Waals surface area contributed by atoms with Crippen LogP contribution in [-0.2, 0) is 6.54 Å². The smallest absolute Gasteiger partial charge is 0.277 e. The number of hydrogen-bond donors (Lipinski definition) is 0. The van der Waals surface area contributed by atoms with Gasteiger partial charge in [-0.2, -0.15) is 9.37 Å². The highest BCUT2D eigenvalue weighted by atomic mass is 35.5. The van der Waals surface area contributed by atoms with Gasteiger partial charge in [-0.15, -0.1) is 0 Å². The van der Waals surface area contributed by atoms with Crippen molar-refractivity contribution in [2.24, 2.45) is 0 Å². The van der Waals surface area contributed by atoms with E-state index in [-0.39, 0.29) is 18.2 Å². The van der Waals surface area contributed by atoms with Crippen molar-refractivity contribution >= 4 is 23.2 Å². The van der Waals surface area contributed by atoms with Crippen LogP contribution in [0.25, 0.3) is 5.65 Å². The summed E-state index contributed by atoms with van der Waals surface area (Å²) in [5.41, 5.74) is 0.0360. The van der Waals surface area contributed by atoms with Gasteiger partial charge in [-0.05, 0) is 19.1 Å². The molecule has 0 atom stereocenters. The third-order valence-corrected chi connectivity index (χ3v) is 3.95. The molecule has 3 rings (SSSR count). The molecular weight excluding hydrogens is 349 g/mol. The van der Waals surface area contributed by atoms with Gasteiger partial charge in [-0.25, -0.2) is 4.98 Å². The molecule has 0 aliphatic heterocycles. The summed E-state index contributed by atoms with van der Waals surface area (Å²) in [6, 6.07) is 3.13. The van der Waals surface area contributed by atoms with Crippen molar-refractivity contribution in [3.63, 3.8) is 0 Å². The summed E-state index contributed by atoms with van der Waals surface area (Å²) >= 11 is 5.87. The number of pyridine rings is 1. The van der Waals surface area contributed by atoms with Crippen LogP contribution >= 0.6 is 11.6 Å². The van der Waals surface area contributed by atoms with Crippen LogP contribution in [0.2, 0.25) is 5.02 Å². The van der Waals surface area contributed by atoms with Crippen LogP contribution in [0.1, 0.15) is 48.9 Å². The quantitative estimate of drug-likeness (QED) is 0.693. The molecule has 0 aromatic carbocycles. The number of rotatable bonds is 5. The molecule has 0 unspecified atom stereocenters. The molecule has 0 bridgehead atoms. The van der Waals surface area contributed by atoms with Crippen LogP contribution < -0.4 is 0 Å². The molecule has 3 aromatic heterocycles. The predicted octanol–water partition coefficient (Wildman–Crippen LogP) is 3.30. The molecule has 25 heavy (non-hydrogen) atoms. The van der Waals surface area contributed by atoms with Crippen molar-refractivity contribution < 1.29 is 13.7 Å². The maximum Gasteiger partial charge on any atom is 0.277 e. The number of nitrogens with zero attached hydrogens (tertiary/aromatic N) is 5. The Labute approximate surface area is 148 Å². The Balaban J connectivity index is 1.88. The zero-order chi connectivity index (χ0) is 18.1. The minimum Gasteiger partial charge on any atom is -0.337 e. The molecule has 0 fully saturated rings. The van der Waals surface area contributed by atoms with E-state index in [0.29, 0.717) is 28.9 Å². The lowest BCUT2D eigenvalue weighted by atomic mass is 10.2. The summed E-state index contributed by atoms with van der Waals surface area (Å²) in [6.45, 7) is 6.08. The van der Waals surface area contributed by atoms with Crippen LogP contribution in [0.5, 0.6) is 0 Å². The zero-order valence-electron chi connectivity index (χ0n) is 14.0. The van der Waals surface area contributed by atoms with E-state index in [0.717, 1.165) is 4.40 Å². The number of carbonyl (C=O) groups excluding carboxylic acids is 1. The number of halogens is 2. The largest absolute Gasteiger partial charge is 0.337 e. The van der Waals surface area contributed by atoms with Gasteiger partial charge in [0.1, 0.15) is 12.2 Å². The lowest BCUT2D eigenvalue weighted by molar-refractivity contribution is 0.0724. The van der Waals surface area contributed by atoms with Gasteiger partial charge >= 0.3 is 0 Å². The highest BCUT2D eigenvalue weighted by Crippen LogP contribution is 2.18. The molecule has 7 nitrogen and oxygen atoms in total. The van der Waals surface area contributed by atoms with Crippen molar-refractivity contribution in [1.82, 2.24) is 24.4 Å². The summed E-state index contributed by atoms with van der Waals surface area (Å²) in [5, 5.41) is 4.21. The zero-order valence-corrected chi connectivity index (χ0v) is 14.8. The van der Waals surface area contributed by atoms with E-state index in [1.165, 1.54) is 11.1 Å². The number of imidazole rings is 1. The molecule has 0 aliphatic carbocycles. The Morgan fingerprint density at radius 1 is 1.40 bits per heavy atom. The minimum absolute atomic E-state index is 0.0864. The topological polar surface area (TPSA) is 76.5 Å². The summed E-state index contributed by atoms with van der Waals surface area (Å²) in [5.74, 6) is -0.333. The molecule has 0 spiro atoms. The van der Waals surface area contributed by atoms with Crippen molar-refractivity contribution in [1.29, 1.82) is 0 Å². The van der Waals surface area contributed by atoms with E-state index in [1.807, 2.05) is 13.8 Å². The van der Waals surface area contributed by atoms with Gasteiger partial charge < -0.3 is 9.42 Å². The monoisotopic (exact) mass is 365 g/mol. The fourth-order valence-corrected chi connectivity index (χ4v) is 2.49. The van der Waals surface area contributed by atoms with E-state index in [1.54, 1.807) is 19.1 Å². The molecule has 1 amide bonds. The fraction of sp³-hybridized carbons (Fsp3) is 0.375. The Morgan fingerprint density at radius 3 is 2.80 bits per heavy atom. The van der Waals surface area contributed by atoms with E-state index < -0.39 is 11.9 Å². The molecule has 0 saturated carbocycles. The maximum atomic E-state index is 14.5.